The minimum Gasteiger partial charge on any atom is -0.508 e. The van der Waals surface area contributed by atoms with E-state index >= 15 is 0 Å². The lowest BCUT2D eigenvalue weighted by Gasteiger charge is -2.06. The maximum Gasteiger partial charge on any atom is 0.387 e. The van der Waals surface area contributed by atoms with E-state index in [-0.39, 0.29) is 29.3 Å². The van der Waals surface area contributed by atoms with Crippen molar-refractivity contribution in [2.45, 2.75) is 20.0 Å². The Labute approximate surface area is 85.3 Å². The fourth-order valence-corrected chi connectivity index (χ4v) is 1.12. The van der Waals surface area contributed by atoms with Crippen molar-refractivity contribution in [1.29, 1.82) is 0 Å². The third-order valence-electron chi connectivity index (χ3n) is 1.76. The number of ketones is 1. The molecule has 1 rings (SSSR count). The second kappa shape index (κ2) is 4.72. The van der Waals surface area contributed by atoms with Gasteiger partial charge in [0.1, 0.15) is 11.5 Å². The van der Waals surface area contributed by atoms with Crippen LogP contribution in [0, 0.1) is 0 Å². The number of hydrogen-bond acceptors (Lipinski definition) is 3. The normalized spacial score (nSPS) is 10.4. The highest BCUT2D eigenvalue weighted by Crippen LogP contribution is 2.23. The van der Waals surface area contributed by atoms with E-state index in [0.717, 1.165) is 6.07 Å². The summed E-state index contributed by atoms with van der Waals surface area (Å²) in [7, 11) is 0. The molecular formula is C10H10F2O3. The Kier molecular flexibility index (Phi) is 3.60. The van der Waals surface area contributed by atoms with Crippen LogP contribution >= 0.6 is 0 Å². The van der Waals surface area contributed by atoms with Crippen molar-refractivity contribution in [1.82, 2.24) is 0 Å². The monoisotopic (exact) mass is 216 g/mol. The van der Waals surface area contributed by atoms with Gasteiger partial charge in [0.25, 0.3) is 0 Å². The second-order valence-corrected chi connectivity index (χ2v) is 2.87. The van der Waals surface area contributed by atoms with Gasteiger partial charge in [0, 0.05) is 18.1 Å². The maximum absolute atomic E-state index is 11.9. The van der Waals surface area contributed by atoms with Crippen molar-refractivity contribution in [2.75, 3.05) is 0 Å². The largest absolute Gasteiger partial charge is 0.508 e. The molecule has 82 valence electrons. The highest BCUT2D eigenvalue weighted by Gasteiger charge is 2.10. The first-order valence-electron chi connectivity index (χ1n) is 4.35. The van der Waals surface area contributed by atoms with Gasteiger partial charge in [-0.2, -0.15) is 8.78 Å². The van der Waals surface area contributed by atoms with E-state index in [2.05, 4.69) is 4.74 Å². The van der Waals surface area contributed by atoms with Crippen LogP contribution in [0.15, 0.2) is 18.2 Å². The fraction of sp³-hybridized carbons (Fsp3) is 0.300. The van der Waals surface area contributed by atoms with Crippen LogP contribution in [0.1, 0.15) is 23.7 Å². The first kappa shape index (κ1) is 11.4. The number of carbonyl (C=O) groups is 1. The molecule has 0 aliphatic heterocycles. The lowest BCUT2D eigenvalue weighted by Crippen LogP contribution is -2.03. The molecule has 1 aromatic carbocycles. The van der Waals surface area contributed by atoms with E-state index in [0.29, 0.717) is 0 Å². The van der Waals surface area contributed by atoms with Crippen LogP contribution < -0.4 is 4.74 Å². The van der Waals surface area contributed by atoms with Crippen molar-refractivity contribution < 1.29 is 23.4 Å². The van der Waals surface area contributed by atoms with Crippen LogP contribution in [0.2, 0.25) is 0 Å². The average molecular weight is 216 g/mol. The van der Waals surface area contributed by atoms with E-state index in [1.54, 1.807) is 6.92 Å². The van der Waals surface area contributed by atoms with Crippen LogP contribution in [0.3, 0.4) is 0 Å². The molecule has 0 aliphatic carbocycles. The molecule has 0 spiro atoms. The summed E-state index contributed by atoms with van der Waals surface area (Å²) in [6.07, 6.45) is 0.234. The zero-order chi connectivity index (χ0) is 11.4. The highest BCUT2D eigenvalue weighted by atomic mass is 19.3. The minimum atomic E-state index is -2.98. The van der Waals surface area contributed by atoms with Crippen LogP contribution in [0.5, 0.6) is 11.5 Å². The van der Waals surface area contributed by atoms with Gasteiger partial charge < -0.3 is 9.84 Å². The van der Waals surface area contributed by atoms with E-state index in [1.807, 2.05) is 0 Å². The van der Waals surface area contributed by atoms with Gasteiger partial charge >= 0.3 is 6.61 Å². The first-order valence-corrected chi connectivity index (χ1v) is 4.35. The minimum absolute atomic E-state index is 0.160. The number of Topliss-reactive ketones (excluding diaryl/α,β-unsaturated/α-hetero) is 1. The molecule has 0 atom stereocenters. The smallest absolute Gasteiger partial charge is 0.387 e. The number of phenolic OH excluding ortho intramolecular Hbond substituents is 1. The molecular weight excluding hydrogens is 206 g/mol. The number of benzene rings is 1. The van der Waals surface area contributed by atoms with Crippen molar-refractivity contribution >= 4 is 5.78 Å². The number of aromatic hydroxyl groups is 1. The maximum atomic E-state index is 11.9. The Morgan fingerprint density at radius 1 is 1.47 bits per heavy atom. The fourth-order valence-electron chi connectivity index (χ4n) is 1.12. The molecule has 0 radical (unpaired) electrons. The van der Waals surface area contributed by atoms with Crippen molar-refractivity contribution in [3.8, 4) is 11.5 Å². The van der Waals surface area contributed by atoms with Crippen molar-refractivity contribution in [3.63, 3.8) is 0 Å². The highest BCUT2D eigenvalue weighted by molar-refractivity contribution is 5.96. The molecule has 1 aromatic rings. The van der Waals surface area contributed by atoms with Gasteiger partial charge in [-0.1, -0.05) is 6.92 Å². The molecule has 0 heterocycles. The molecule has 3 nitrogen and oxygen atoms in total. The zero-order valence-corrected chi connectivity index (χ0v) is 8.04. The summed E-state index contributed by atoms with van der Waals surface area (Å²) in [6, 6.07) is 3.42. The molecule has 0 saturated carbocycles. The van der Waals surface area contributed by atoms with Gasteiger partial charge in [0.15, 0.2) is 5.78 Å². The standard InChI is InChI=1S/C10H10F2O3/c1-2-9(14)6-3-7(13)5-8(4-6)15-10(11)12/h3-5,10,13H,2H2,1H3. The number of ether oxygens (including phenoxy) is 1. The lowest BCUT2D eigenvalue weighted by atomic mass is 10.1. The Morgan fingerprint density at radius 3 is 2.67 bits per heavy atom. The third-order valence-corrected chi connectivity index (χ3v) is 1.76. The number of hydrogen-bond donors (Lipinski definition) is 1. The van der Waals surface area contributed by atoms with Gasteiger partial charge in [-0.05, 0) is 12.1 Å². The quantitative estimate of drug-likeness (QED) is 0.787. The van der Waals surface area contributed by atoms with Gasteiger partial charge in [-0.15, -0.1) is 0 Å². The number of alkyl halides is 2. The molecule has 5 heteroatoms. The molecule has 0 saturated heterocycles. The zero-order valence-electron chi connectivity index (χ0n) is 8.04. The molecule has 0 amide bonds. The van der Waals surface area contributed by atoms with E-state index in [1.165, 1.54) is 12.1 Å². The molecule has 0 fully saturated rings. The van der Waals surface area contributed by atoms with Crippen LogP contribution in [-0.4, -0.2) is 17.5 Å². The Morgan fingerprint density at radius 2 is 2.13 bits per heavy atom. The van der Waals surface area contributed by atoms with Crippen LogP contribution in [-0.2, 0) is 0 Å². The third kappa shape index (κ3) is 3.19. The Balaban J connectivity index is 2.99. The Bertz CT molecular complexity index is 364. The van der Waals surface area contributed by atoms with Crippen molar-refractivity contribution in [2.24, 2.45) is 0 Å². The average Bonchev–Trinajstić information content (AvgIpc) is 2.14. The van der Waals surface area contributed by atoms with Gasteiger partial charge in [0.2, 0.25) is 0 Å². The summed E-state index contributed by atoms with van der Waals surface area (Å²) in [6.45, 7) is -1.34. The van der Waals surface area contributed by atoms with Crippen LogP contribution in [0.25, 0.3) is 0 Å². The number of phenols is 1. The number of rotatable bonds is 4. The van der Waals surface area contributed by atoms with E-state index in [4.69, 9.17) is 0 Å². The van der Waals surface area contributed by atoms with Gasteiger partial charge in [-0.3, -0.25) is 4.79 Å². The summed E-state index contributed by atoms with van der Waals surface area (Å²) in [5.41, 5.74) is 0.160. The predicted octanol–water partition coefficient (Wildman–Crippen LogP) is 2.59. The number of carbonyl (C=O) groups excluding carboxylic acids is 1. The molecule has 0 aromatic heterocycles. The SMILES string of the molecule is CCC(=O)c1cc(O)cc(OC(F)F)c1. The molecule has 0 aliphatic rings. The molecule has 0 bridgehead atoms. The second-order valence-electron chi connectivity index (χ2n) is 2.87. The summed E-state index contributed by atoms with van der Waals surface area (Å²) < 4.78 is 27.8. The summed E-state index contributed by atoms with van der Waals surface area (Å²) in [5, 5.41) is 9.17. The van der Waals surface area contributed by atoms with Gasteiger partial charge in [0.05, 0.1) is 0 Å². The Hall–Kier alpha value is -1.65. The summed E-state index contributed by atoms with van der Waals surface area (Å²) >= 11 is 0. The summed E-state index contributed by atoms with van der Waals surface area (Å²) in [4.78, 5) is 11.2. The van der Waals surface area contributed by atoms with Gasteiger partial charge in [-0.25, -0.2) is 0 Å². The van der Waals surface area contributed by atoms with E-state index < -0.39 is 6.61 Å². The first-order chi connectivity index (χ1) is 7.02. The van der Waals surface area contributed by atoms with E-state index in [9.17, 15) is 18.7 Å². The summed E-state index contributed by atoms with van der Waals surface area (Å²) in [5.74, 6) is -0.739. The van der Waals surface area contributed by atoms with Crippen molar-refractivity contribution in [3.05, 3.63) is 23.8 Å². The topological polar surface area (TPSA) is 46.5 Å². The number of halogens is 2. The molecule has 1 N–H and O–H groups in total. The lowest BCUT2D eigenvalue weighted by molar-refractivity contribution is -0.0499. The van der Waals surface area contributed by atoms with Crippen LogP contribution in [0.4, 0.5) is 8.78 Å². The molecule has 15 heavy (non-hydrogen) atoms. The predicted molar refractivity (Wildman–Crippen MR) is 49.4 cm³/mol. The molecule has 0 unspecified atom stereocenters.